The quantitative estimate of drug-likeness (QED) is 0.909. The Morgan fingerprint density at radius 2 is 2.05 bits per heavy atom. The van der Waals surface area contributed by atoms with Crippen LogP contribution in [0, 0.1) is 11.3 Å². The fraction of sp³-hybridized carbons (Fsp3) is 0.417. The summed E-state index contributed by atoms with van der Waals surface area (Å²) >= 11 is 0. The first-order valence-electron chi connectivity index (χ1n) is 5.77. The Bertz CT molecular complexity index is 606. The lowest BCUT2D eigenvalue weighted by Gasteiger charge is -2.15. The maximum Gasteiger partial charge on any atom is 0.416 e. The van der Waals surface area contributed by atoms with Gasteiger partial charge in [0.1, 0.15) is 0 Å². The number of sulfonamides is 1. The minimum absolute atomic E-state index is 0.0469. The summed E-state index contributed by atoms with van der Waals surface area (Å²) in [7, 11) is -4.08. The standard InChI is InChI=1S/C12H13F3N2O2S/c1-2-10(6-7-16)17-20(18,19)11-5-3-4-9(8-11)12(13,14)15/h3-5,8,10,17H,2,6H2,1H3. The van der Waals surface area contributed by atoms with Crippen LogP contribution in [0.15, 0.2) is 29.2 Å². The molecule has 1 atom stereocenters. The molecule has 0 fully saturated rings. The summed E-state index contributed by atoms with van der Waals surface area (Å²) in [5, 5.41) is 8.55. The summed E-state index contributed by atoms with van der Waals surface area (Å²) in [6.07, 6.45) is -4.29. The molecule has 1 aromatic carbocycles. The summed E-state index contributed by atoms with van der Waals surface area (Å²) in [6, 6.07) is 4.67. The van der Waals surface area contributed by atoms with Gasteiger partial charge in [0, 0.05) is 6.04 Å². The summed E-state index contributed by atoms with van der Waals surface area (Å²) in [6.45, 7) is 1.68. The van der Waals surface area contributed by atoms with Crippen molar-refractivity contribution < 1.29 is 21.6 Å². The Hall–Kier alpha value is -1.59. The summed E-state index contributed by atoms with van der Waals surface area (Å²) in [5.41, 5.74) is -1.03. The monoisotopic (exact) mass is 306 g/mol. The van der Waals surface area contributed by atoms with Gasteiger partial charge in [0.15, 0.2) is 0 Å². The van der Waals surface area contributed by atoms with Crippen LogP contribution in [0.25, 0.3) is 0 Å². The molecule has 0 spiro atoms. The van der Waals surface area contributed by atoms with Crippen molar-refractivity contribution in [2.45, 2.75) is 36.9 Å². The van der Waals surface area contributed by atoms with Gasteiger partial charge in [0.05, 0.1) is 22.9 Å². The van der Waals surface area contributed by atoms with Crippen molar-refractivity contribution in [3.05, 3.63) is 29.8 Å². The van der Waals surface area contributed by atoms with Crippen LogP contribution in [-0.2, 0) is 16.2 Å². The first-order valence-corrected chi connectivity index (χ1v) is 7.25. The zero-order chi connectivity index (χ0) is 15.4. The second kappa shape index (κ2) is 6.24. The number of nitrogens with zero attached hydrogens (tertiary/aromatic N) is 1. The van der Waals surface area contributed by atoms with Gasteiger partial charge in [-0.05, 0) is 24.6 Å². The highest BCUT2D eigenvalue weighted by Gasteiger charge is 2.31. The van der Waals surface area contributed by atoms with Crippen LogP contribution in [0.5, 0.6) is 0 Å². The second-order valence-corrected chi connectivity index (χ2v) is 5.83. The molecule has 0 aliphatic carbocycles. The van der Waals surface area contributed by atoms with Gasteiger partial charge in [-0.15, -0.1) is 0 Å². The average molecular weight is 306 g/mol. The van der Waals surface area contributed by atoms with E-state index in [-0.39, 0.29) is 6.42 Å². The lowest BCUT2D eigenvalue weighted by Crippen LogP contribution is -2.34. The smallest absolute Gasteiger partial charge is 0.207 e. The van der Waals surface area contributed by atoms with Gasteiger partial charge in [0.2, 0.25) is 10.0 Å². The van der Waals surface area contributed by atoms with Crippen LogP contribution in [0.1, 0.15) is 25.3 Å². The van der Waals surface area contributed by atoms with E-state index in [0.29, 0.717) is 12.5 Å². The predicted molar refractivity (Wildman–Crippen MR) is 66.1 cm³/mol. The third kappa shape index (κ3) is 4.21. The van der Waals surface area contributed by atoms with Gasteiger partial charge in [-0.2, -0.15) is 18.4 Å². The minimum Gasteiger partial charge on any atom is -0.207 e. The van der Waals surface area contributed by atoms with E-state index >= 15 is 0 Å². The molecule has 0 heterocycles. The maximum atomic E-state index is 12.5. The van der Waals surface area contributed by atoms with Crippen LogP contribution in [0.4, 0.5) is 13.2 Å². The number of hydrogen-bond acceptors (Lipinski definition) is 3. The number of rotatable bonds is 5. The van der Waals surface area contributed by atoms with Crippen molar-refractivity contribution in [3.8, 4) is 6.07 Å². The van der Waals surface area contributed by atoms with Gasteiger partial charge < -0.3 is 0 Å². The van der Waals surface area contributed by atoms with E-state index in [4.69, 9.17) is 5.26 Å². The molecule has 1 aromatic rings. The van der Waals surface area contributed by atoms with Crippen molar-refractivity contribution in [2.24, 2.45) is 0 Å². The fourth-order valence-electron chi connectivity index (χ4n) is 1.51. The highest BCUT2D eigenvalue weighted by Crippen LogP contribution is 2.30. The van der Waals surface area contributed by atoms with Crippen molar-refractivity contribution >= 4 is 10.0 Å². The summed E-state index contributed by atoms with van der Waals surface area (Å²) in [5.74, 6) is 0. The molecule has 110 valence electrons. The molecule has 0 saturated carbocycles. The normalized spacial score (nSPS) is 13.8. The summed E-state index contributed by atoms with van der Waals surface area (Å²) < 4.78 is 63.8. The van der Waals surface area contributed by atoms with Gasteiger partial charge in [-0.1, -0.05) is 13.0 Å². The van der Waals surface area contributed by atoms with Crippen molar-refractivity contribution in [1.29, 1.82) is 5.26 Å². The number of hydrogen-bond donors (Lipinski definition) is 1. The fourth-order valence-corrected chi connectivity index (χ4v) is 2.87. The molecule has 0 amide bonds. The number of halogens is 3. The first-order chi connectivity index (χ1) is 9.20. The van der Waals surface area contributed by atoms with E-state index in [1.165, 1.54) is 0 Å². The van der Waals surface area contributed by atoms with Crippen LogP contribution in [0.2, 0.25) is 0 Å². The molecule has 1 rings (SSSR count). The topological polar surface area (TPSA) is 70.0 Å². The Morgan fingerprint density at radius 3 is 2.55 bits per heavy atom. The van der Waals surface area contributed by atoms with Crippen molar-refractivity contribution in [3.63, 3.8) is 0 Å². The van der Waals surface area contributed by atoms with Crippen LogP contribution >= 0.6 is 0 Å². The third-order valence-electron chi connectivity index (χ3n) is 2.62. The Labute approximate surface area is 115 Å². The molecule has 1 unspecified atom stereocenters. The second-order valence-electron chi connectivity index (χ2n) is 4.11. The SMILES string of the molecule is CCC(CC#N)NS(=O)(=O)c1cccc(C(F)(F)F)c1. The largest absolute Gasteiger partial charge is 0.416 e. The zero-order valence-electron chi connectivity index (χ0n) is 10.6. The molecule has 0 saturated heterocycles. The molecule has 20 heavy (non-hydrogen) atoms. The predicted octanol–water partition coefficient (Wildman–Crippen LogP) is 2.68. The van der Waals surface area contributed by atoms with Crippen LogP contribution in [-0.4, -0.2) is 14.5 Å². The molecule has 0 aromatic heterocycles. The van der Waals surface area contributed by atoms with Crippen molar-refractivity contribution in [2.75, 3.05) is 0 Å². The van der Waals surface area contributed by atoms with Crippen molar-refractivity contribution in [1.82, 2.24) is 4.72 Å². The maximum absolute atomic E-state index is 12.5. The molecular weight excluding hydrogens is 293 g/mol. The number of benzene rings is 1. The van der Waals surface area contributed by atoms with Gasteiger partial charge in [0.25, 0.3) is 0 Å². The molecule has 0 aliphatic heterocycles. The molecule has 1 N–H and O–H groups in total. The lowest BCUT2D eigenvalue weighted by molar-refractivity contribution is -0.137. The first kappa shape index (κ1) is 16.5. The molecule has 4 nitrogen and oxygen atoms in total. The number of nitrogens with one attached hydrogen (secondary N) is 1. The molecule has 0 aliphatic rings. The number of nitriles is 1. The summed E-state index contributed by atoms with van der Waals surface area (Å²) in [4.78, 5) is -0.469. The van der Waals surface area contributed by atoms with Gasteiger partial charge in [-0.3, -0.25) is 0 Å². The van der Waals surface area contributed by atoms with Gasteiger partial charge in [-0.25, -0.2) is 13.1 Å². The average Bonchev–Trinajstić information content (AvgIpc) is 2.37. The van der Waals surface area contributed by atoms with Crippen LogP contribution < -0.4 is 4.72 Å². The van der Waals surface area contributed by atoms with Crippen LogP contribution in [0.3, 0.4) is 0 Å². The van der Waals surface area contributed by atoms with E-state index < -0.39 is 32.7 Å². The van der Waals surface area contributed by atoms with Gasteiger partial charge >= 0.3 is 6.18 Å². The molecule has 8 heteroatoms. The van der Waals surface area contributed by atoms with E-state index in [1.54, 1.807) is 6.92 Å². The van der Waals surface area contributed by atoms with E-state index in [1.807, 2.05) is 6.07 Å². The Morgan fingerprint density at radius 1 is 1.40 bits per heavy atom. The minimum atomic E-state index is -4.61. The molecule has 0 radical (unpaired) electrons. The Balaban J connectivity index is 3.08. The van der Waals surface area contributed by atoms with E-state index in [0.717, 1.165) is 18.2 Å². The lowest BCUT2D eigenvalue weighted by atomic mass is 10.2. The van der Waals surface area contributed by atoms with E-state index in [9.17, 15) is 21.6 Å². The third-order valence-corrected chi connectivity index (χ3v) is 4.14. The number of alkyl halides is 3. The highest BCUT2D eigenvalue weighted by molar-refractivity contribution is 7.89. The highest BCUT2D eigenvalue weighted by atomic mass is 32.2. The Kier molecular flexibility index (Phi) is 5.14. The van der Waals surface area contributed by atoms with E-state index in [2.05, 4.69) is 4.72 Å². The molecule has 0 bridgehead atoms. The zero-order valence-corrected chi connectivity index (χ0v) is 11.4. The molecular formula is C12H13F3N2O2S.